The minimum absolute atomic E-state index is 0.0711. The van der Waals surface area contributed by atoms with E-state index in [0.29, 0.717) is 24.3 Å². The number of hydrogen-bond donors (Lipinski definition) is 0. The standard InChI is InChI=1S/C18H28N2O3/c1-12-8-14(9-12)17(21)20-7-4-13-10-15(23-16(13)11-20)18(22)19-5-2-3-6-19/h12-16H,2-11H2,1H3/t12?,13-,14?,15+,16+/m0/s1. The Labute approximate surface area is 138 Å². The molecule has 0 spiro atoms. The Bertz CT molecular complexity index is 483. The summed E-state index contributed by atoms with van der Waals surface area (Å²) in [5.74, 6) is 1.90. The molecule has 3 saturated heterocycles. The van der Waals surface area contributed by atoms with Crippen molar-refractivity contribution in [3.05, 3.63) is 0 Å². The summed E-state index contributed by atoms with van der Waals surface area (Å²) in [5.41, 5.74) is 0. The van der Waals surface area contributed by atoms with E-state index in [1.54, 1.807) is 0 Å². The van der Waals surface area contributed by atoms with Crippen LogP contribution in [0.15, 0.2) is 0 Å². The van der Waals surface area contributed by atoms with Crippen molar-refractivity contribution in [1.29, 1.82) is 0 Å². The van der Waals surface area contributed by atoms with Gasteiger partial charge in [0.25, 0.3) is 5.91 Å². The van der Waals surface area contributed by atoms with Gasteiger partial charge in [-0.05, 0) is 50.4 Å². The molecule has 3 aliphatic heterocycles. The number of carbonyl (C=O) groups excluding carboxylic acids is 2. The molecule has 0 aromatic rings. The lowest BCUT2D eigenvalue weighted by Crippen LogP contribution is -2.49. The second-order valence-corrected chi connectivity index (χ2v) is 8.04. The van der Waals surface area contributed by atoms with Crippen LogP contribution < -0.4 is 0 Å². The highest BCUT2D eigenvalue weighted by atomic mass is 16.5. The summed E-state index contributed by atoms with van der Waals surface area (Å²) >= 11 is 0. The van der Waals surface area contributed by atoms with E-state index < -0.39 is 0 Å². The van der Waals surface area contributed by atoms with Crippen molar-refractivity contribution in [2.75, 3.05) is 26.2 Å². The third-order valence-corrected chi connectivity index (χ3v) is 6.28. The van der Waals surface area contributed by atoms with Crippen LogP contribution in [0.1, 0.15) is 45.4 Å². The molecule has 4 rings (SSSR count). The Balaban J connectivity index is 1.33. The van der Waals surface area contributed by atoms with Gasteiger partial charge in [-0.25, -0.2) is 0 Å². The Morgan fingerprint density at radius 3 is 2.39 bits per heavy atom. The Morgan fingerprint density at radius 1 is 0.957 bits per heavy atom. The fourth-order valence-electron chi connectivity index (χ4n) is 4.79. The van der Waals surface area contributed by atoms with E-state index in [1.165, 1.54) is 0 Å². The summed E-state index contributed by atoms with van der Waals surface area (Å²) < 4.78 is 6.09. The van der Waals surface area contributed by atoms with E-state index in [4.69, 9.17) is 4.74 Å². The summed E-state index contributed by atoms with van der Waals surface area (Å²) in [6.07, 6.45) is 5.97. The lowest BCUT2D eigenvalue weighted by molar-refractivity contribution is -0.147. The Hall–Kier alpha value is -1.10. The highest BCUT2D eigenvalue weighted by Gasteiger charge is 2.45. The van der Waals surface area contributed by atoms with Gasteiger partial charge in [0.05, 0.1) is 6.10 Å². The summed E-state index contributed by atoms with van der Waals surface area (Å²) in [7, 11) is 0. The molecule has 1 saturated carbocycles. The van der Waals surface area contributed by atoms with Crippen molar-refractivity contribution in [1.82, 2.24) is 9.80 Å². The fourth-order valence-corrected chi connectivity index (χ4v) is 4.79. The van der Waals surface area contributed by atoms with Crippen molar-refractivity contribution < 1.29 is 14.3 Å². The maximum atomic E-state index is 12.5. The third kappa shape index (κ3) is 2.88. The molecule has 5 heteroatoms. The molecule has 1 aliphatic carbocycles. The first kappa shape index (κ1) is 15.4. The van der Waals surface area contributed by atoms with Crippen molar-refractivity contribution in [2.24, 2.45) is 17.8 Å². The van der Waals surface area contributed by atoms with E-state index >= 15 is 0 Å². The van der Waals surface area contributed by atoms with Crippen LogP contribution in [0.4, 0.5) is 0 Å². The monoisotopic (exact) mass is 320 g/mol. The molecular weight excluding hydrogens is 292 g/mol. The first-order valence-corrected chi connectivity index (χ1v) is 9.35. The molecule has 3 atom stereocenters. The zero-order valence-electron chi connectivity index (χ0n) is 14.1. The Morgan fingerprint density at radius 2 is 1.70 bits per heavy atom. The smallest absolute Gasteiger partial charge is 0.251 e. The summed E-state index contributed by atoms with van der Waals surface area (Å²) in [6.45, 7) is 5.53. The average molecular weight is 320 g/mol. The average Bonchev–Trinajstić information content (AvgIpc) is 3.18. The molecular formula is C18H28N2O3. The number of likely N-dealkylation sites (tertiary alicyclic amines) is 2. The number of rotatable bonds is 2. The number of ether oxygens (including phenoxy) is 1. The summed E-state index contributed by atoms with van der Waals surface area (Å²) in [5, 5.41) is 0. The summed E-state index contributed by atoms with van der Waals surface area (Å²) in [4.78, 5) is 29.0. The molecule has 128 valence electrons. The zero-order chi connectivity index (χ0) is 16.0. The molecule has 4 fully saturated rings. The minimum Gasteiger partial charge on any atom is -0.363 e. The van der Waals surface area contributed by atoms with Crippen LogP contribution in [0.5, 0.6) is 0 Å². The van der Waals surface area contributed by atoms with Gasteiger partial charge in [-0.1, -0.05) is 6.92 Å². The van der Waals surface area contributed by atoms with Crippen LogP contribution in [0, 0.1) is 17.8 Å². The molecule has 0 bridgehead atoms. The number of hydrogen-bond acceptors (Lipinski definition) is 3. The Kier molecular flexibility index (Phi) is 4.08. The normalized spacial score (nSPS) is 40.0. The van der Waals surface area contributed by atoms with Gasteiger partial charge < -0.3 is 14.5 Å². The van der Waals surface area contributed by atoms with Crippen molar-refractivity contribution in [3.8, 4) is 0 Å². The highest BCUT2D eigenvalue weighted by Crippen LogP contribution is 2.38. The predicted octanol–water partition coefficient (Wildman–Crippen LogP) is 1.66. The second kappa shape index (κ2) is 6.08. The molecule has 4 aliphatic rings. The van der Waals surface area contributed by atoms with Gasteiger partial charge in [0, 0.05) is 32.1 Å². The van der Waals surface area contributed by atoms with Crippen molar-refractivity contribution in [2.45, 2.75) is 57.7 Å². The third-order valence-electron chi connectivity index (χ3n) is 6.28. The zero-order valence-corrected chi connectivity index (χ0v) is 14.1. The SMILES string of the molecule is CC1CC(C(=O)N2CC[C@H]3C[C@H](C(=O)N4CCCC4)O[C@@H]3C2)C1. The molecule has 0 unspecified atom stereocenters. The van der Waals surface area contributed by atoms with Crippen LogP contribution in [0.2, 0.25) is 0 Å². The van der Waals surface area contributed by atoms with E-state index in [-0.39, 0.29) is 24.0 Å². The first-order chi connectivity index (χ1) is 11.1. The number of amides is 2. The van der Waals surface area contributed by atoms with Crippen LogP contribution in [-0.4, -0.2) is 60.0 Å². The molecule has 0 aromatic heterocycles. The summed E-state index contributed by atoms with van der Waals surface area (Å²) in [6, 6.07) is 0. The minimum atomic E-state index is -0.262. The second-order valence-electron chi connectivity index (χ2n) is 8.04. The van der Waals surface area contributed by atoms with Gasteiger partial charge in [0.1, 0.15) is 6.10 Å². The number of fused-ring (bicyclic) bond motifs is 1. The van der Waals surface area contributed by atoms with Crippen LogP contribution >= 0.6 is 0 Å². The van der Waals surface area contributed by atoms with Gasteiger partial charge in [-0.15, -0.1) is 0 Å². The lowest BCUT2D eigenvalue weighted by atomic mass is 9.75. The van der Waals surface area contributed by atoms with Crippen LogP contribution in [-0.2, 0) is 14.3 Å². The van der Waals surface area contributed by atoms with E-state index in [1.807, 2.05) is 9.80 Å². The first-order valence-electron chi connectivity index (χ1n) is 9.35. The van der Waals surface area contributed by atoms with Crippen LogP contribution in [0.3, 0.4) is 0 Å². The van der Waals surface area contributed by atoms with Crippen molar-refractivity contribution >= 4 is 11.8 Å². The van der Waals surface area contributed by atoms with E-state index in [2.05, 4.69) is 6.92 Å². The van der Waals surface area contributed by atoms with Gasteiger partial charge in [-0.2, -0.15) is 0 Å². The number of carbonyl (C=O) groups is 2. The molecule has 0 N–H and O–H groups in total. The van der Waals surface area contributed by atoms with Gasteiger partial charge in [0.15, 0.2) is 0 Å². The molecule has 3 heterocycles. The lowest BCUT2D eigenvalue weighted by Gasteiger charge is -2.40. The number of nitrogens with zero attached hydrogens (tertiary/aromatic N) is 2. The fraction of sp³-hybridized carbons (Fsp3) is 0.889. The predicted molar refractivity (Wildman–Crippen MR) is 85.7 cm³/mol. The quantitative estimate of drug-likeness (QED) is 0.777. The molecule has 5 nitrogen and oxygen atoms in total. The molecule has 23 heavy (non-hydrogen) atoms. The van der Waals surface area contributed by atoms with Gasteiger partial charge in [0.2, 0.25) is 5.91 Å². The maximum Gasteiger partial charge on any atom is 0.251 e. The maximum absolute atomic E-state index is 12.5. The van der Waals surface area contributed by atoms with Gasteiger partial charge >= 0.3 is 0 Å². The van der Waals surface area contributed by atoms with E-state index in [0.717, 1.165) is 58.2 Å². The van der Waals surface area contributed by atoms with Gasteiger partial charge in [-0.3, -0.25) is 9.59 Å². The van der Waals surface area contributed by atoms with E-state index in [9.17, 15) is 9.59 Å². The molecule has 2 amide bonds. The topological polar surface area (TPSA) is 49.9 Å². The van der Waals surface area contributed by atoms with Crippen LogP contribution in [0.25, 0.3) is 0 Å². The largest absolute Gasteiger partial charge is 0.363 e. The number of piperidine rings is 1. The van der Waals surface area contributed by atoms with Crippen molar-refractivity contribution in [3.63, 3.8) is 0 Å². The molecule has 0 aromatic carbocycles. The molecule has 0 radical (unpaired) electrons. The highest BCUT2D eigenvalue weighted by molar-refractivity contribution is 5.82.